The lowest BCUT2D eigenvalue weighted by molar-refractivity contribution is -0.137. The van der Waals surface area contributed by atoms with Gasteiger partial charge in [-0.15, -0.1) is 0 Å². The van der Waals surface area contributed by atoms with E-state index >= 15 is 0 Å². The summed E-state index contributed by atoms with van der Waals surface area (Å²) in [5.74, 6) is -1.64. The van der Waals surface area contributed by atoms with Crippen LogP contribution in [0.5, 0.6) is 0 Å². The number of amides is 4. The highest BCUT2D eigenvalue weighted by Gasteiger charge is 2.37. The molecule has 2 aliphatic rings. The minimum atomic E-state index is -0.870. The van der Waals surface area contributed by atoms with Gasteiger partial charge < -0.3 is 25.2 Å². The van der Waals surface area contributed by atoms with E-state index in [2.05, 4.69) is 26.7 Å². The fraction of sp³-hybridized carbons (Fsp3) is 0.517. The van der Waals surface area contributed by atoms with Crippen LogP contribution in [0.4, 0.5) is 4.79 Å². The fourth-order valence-corrected chi connectivity index (χ4v) is 5.01. The number of rotatable bonds is 8. The fourth-order valence-electron chi connectivity index (χ4n) is 5.01. The van der Waals surface area contributed by atoms with Crippen LogP contribution in [0.3, 0.4) is 0 Å². The molecule has 0 radical (unpaired) electrons. The van der Waals surface area contributed by atoms with E-state index in [1.54, 1.807) is 9.80 Å². The topological polar surface area (TPSA) is 134 Å². The van der Waals surface area contributed by atoms with Crippen LogP contribution < -0.4 is 10.6 Å². The predicted octanol–water partition coefficient (Wildman–Crippen LogP) is 2.17. The van der Waals surface area contributed by atoms with Crippen molar-refractivity contribution in [1.82, 2.24) is 30.4 Å². The Labute approximate surface area is 234 Å². The minimum absolute atomic E-state index is 0.101. The second-order valence-electron chi connectivity index (χ2n) is 11.0. The molecule has 0 bridgehead atoms. The molecule has 3 heterocycles. The Morgan fingerprint density at radius 2 is 1.65 bits per heavy atom. The molecule has 0 spiro atoms. The summed E-state index contributed by atoms with van der Waals surface area (Å²) in [5, 5.41) is 5.56. The van der Waals surface area contributed by atoms with E-state index in [1.807, 2.05) is 45.9 Å². The van der Waals surface area contributed by atoms with Gasteiger partial charge in [-0.3, -0.25) is 19.4 Å². The first-order valence-corrected chi connectivity index (χ1v) is 13.8. The lowest BCUT2D eigenvalue weighted by Crippen LogP contribution is -2.57. The molecule has 4 rings (SSSR count). The summed E-state index contributed by atoms with van der Waals surface area (Å²) in [5.41, 5.74) is 2.47. The van der Waals surface area contributed by atoms with Crippen molar-refractivity contribution in [2.24, 2.45) is 11.8 Å². The third kappa shape index (κ3) is 6.94. The molecule has 3 atom stereocenters. The zero-order valence-electron chi connectivity index (χ0n) is 23.5. The Kier molecular flexibility index (Phi) is 9.34. The van der Waals surface area contributed by atoms with Crippen LogP contribution in [0, 0.1) is 11.8 Å². The largest absolute Gasteiger partial charge is 0.444 e. The van der Waals surface area contributed by atoms with Gasteiger partial charge in [0.1, 0.15) is 23.9 Å². The van der Waals surface area contributed by atoms with Gasteiger partial charge in [0.15, 0.2) is 0 Å². The van der Waals surface area contributed by atoms with Crippen molar-refractivity contribution in [3.63, 3.8) is 0 Å². The maximum atomic E-state index is 13.5. The standard InChI is InChI=1S/C29H38N6O5/c1-18(2)24(32-26(36)23-15-30-11-12-31-23)27(37)33-25(19(3)4)28(38)34-14-10-22(17-34)40-29(39)35-13-9-20-7-5-6-8-21(20)16-35/h5-8,11-12,15,18-19,22,24-25H,9-10,13-14,16-17H2,1-4H3,(H,32,36)(H,33,37)/t22-,24+,25?/m1/s1. The lowest BCUT2D eigenvalue weighted by Gasteiger charge is -2.30. The summed E-state index contributed by atoms with van der Waals surface area (Å²) >= 11 is 0. The van der Waals surface area contributed by atoms with Crippen LogP contribution >= 0.6 is 0 Å². The normalized spacial score (nSPS) is 18.2. The number of fused-ring (bicyclic) bond motifs is 1. The van der Waals surface area contributed by atoms with Gasteiger partial charge in [0, 0.05) is 38.4 Å². The van der Waals surface area contributed by atoms with Gasteiger partial charge in [-0.05, 0) is 29.4 Å². The van der Waals surface area contributed by atoms with Crippen LogP contribution in [-0.4, -0.2) is 81.4 Å². The van der Waals surface area contributed by atoms with E-state index in [9.17, 15) is 19.2 Å². The molecule has 214 valence electrons. The highest BCUT2D eigenvalue weighted by Crippen LogP contribution is 2.22. The number of benzene rings is 1. The Balaban J connectivity index is 1.33. The molecular formula is C29H38N6O5. The highest BCUT2D eigenvalue weighted by molar-refractivity contribution is 5.97. The molecule has 1 saturated heterocycles. The molecule has 0 saturated carbocycles. The Morgan fingerprint density at radius 3 is 2.33 bits per heavy atom. The van der Waals surface area contributed by atoms with Gasteiger partial charge in [-0.25, -0.2) is 9.78 Å². The Hall–Kier alpha value is -4.02. The number of carbonyl (C=O) groups is 4. The number of carbonyl (C=O) groups excluding carboxylic acids is 4. The molecule has 40 heavy (non-hydrogen) atoms. The zero-order chi connectivity index (χ0) is 28.8. The number of hydrogen-bond donors (Lipinski definition) is 2. The SMILES string of the molecule is CC(C)C(NC(=O)[C@@H](NC(=O)c1cnccn1)C(C)C)C(=O)N1CC[C@@H](OC(=O)N2CCc3ccccc3C2)C1. The summed E-state index contributed by atoms with van der Waals surface area (Å²) in [6.07, 6.45) is 4.72. The van der Waals surface area contributed by atoms with Gasteiger partial charge in [0.2, 0.25) is 11.8 Å². The molecule has 1 aromatic carbocycles. The second kappa shape index (κ2) is 12.9. The molecule has 1 fully saturated rings. The maximum Gasteiger partial charge on any atom is 0.410 e. The average Bonchev–Trinajstić information content (AvgIpc) is 3.42. The second-order valence-corrected chi connectivity index (χ2v) is 11.0. The van der Waals surface area contributed by atoms with E-state index in [0.717, 1.165) is 12.0 Å². The van der Waals surface area contributed by atoms with E-state index in [1.165, 1.54) is 24.2 Å². The van der Waals surface area contributed by atoms with Crippen molar-refractivity contribution in [2.45, 2.75) is 65.3 Å². The van der Waals surface area contributed by atoms with Crippen molar-refractivity contribution >= 4 is 23.8 Å². The van der Waals surface area contributed by atoms with Crippen LogP contribution in [0.1, 0.15) is 55.7 Å². The third-order valence-electron chi connectivity index (χ3n) is 7.38. The number of nitrogens with one attached hydrogen (secondary N) is 2. The molecule has 11 nitrogen and oxygen atoms in total. The van der Waals surface area contributed by atoms with Gasteiger partial charge in [0.25, 0.3) is 5.91 Å². The van der Waals surface area contributed by atoms with Crippen molar-refractivity contribution in [2.75, 3.05) is 19.6 Å². The molecule has 11 heteroatoms. The summed E-state index contributed by atoms with van der Waals surface area (Å²) in [4.78, 5) is 63.4. The number of ether oxygens (including phenoxy) is 1. The molecule has 4 amide bonds. The van der Waals surface area contributed by atoms with Crippen molar-refractivity contribution in [3.05, 3.63) is 59.7 Å². The molecule has 2 aromatic rings. The Bertz CT molecular complexity index is 1220. The summed E-state index contributed by atoms with van der Waals surface area (Å²) < 4.78 is 5.77. The number of aromatic nitrogens is 2. The third-order valence-corrected chi connectivity index (χ3v) is 7.38. The highest BCUT2D eigenvalue weighted by atomic mass is 16.6. The van der Waals surface area contributed by atoms with E-state index < -0.39 is 30.0 Å². The van der Waals surface area contributed by atoms with E-state index in [0.29, 0.717) is 26.1 Å². The molecule has 0 aliphatic carbocycles. The van der Waals surface area contributed by atoms with Gasteiger partial charge in [0.05, 0.1) is 12.7 Å². The summed E-state index contributed by atoms with van der Waals surface area (Å²) in [6.45, 7) is 9.13. The first-order chi connectivity index (χ1) is 19.1. The smallest absolute Gasteiger partial charge is 0.410 e. The molecule has 2 aliphatic heterocycles. The number of nitrogens with zero attached hydrogens (tertiary/aromatic N) is 4. The van der Waals surface area contributed by atoms with Crippen molar-refractivity contribution < 1.29 is 23.9 Å². The van der Waals surface area contributed by atoms with Crippen LogP contribution in [-0.2, 0) is 27.3 Å². The molecular weight excluding hydrogens is 512 g/mol. The first-order valence-electron chi connectivity index (χ1n) is 13.8. The van der Waals surface area contributed by atoms with E-state index in [-0.39, 0.29) is 36.1 Å². The van der Waals surface area contributed by atoms with Gasteiger partial charge >= 0.3 is 6.09 Å². The first kappa shape index (κ1) is 29.0. The predicted molar refractivity (Wildman–Crippen MR) is 147 cm³/mol. The van der Waals surface area contributed by atoms with Gasteiger partial charge in [-0.1, -0.05) is 52.0 Å². The van der Waals surface area contributed by atoms with Crippen molar-refractivity contribution in [3.8, 4) is 0 Å². The minimum Gasteiger partial charge on any atom is -0.444 e. The quantitative estimate of drug-likeness (QED) is 0.515. The van der Waals surface area contributed by atoms with Gasteiger partial charge in [-0.2, -0.15) is 0 Å². The van der Waals surface area contributed by atoms with Crippen molar-refractivity contribution in [1.29, 1.82) is 0 Å². The maximum absolute atomic E-state index is 13.5. The summed E-state index contributed by atoms with van der Waals surface area (Å²) in [7, 11) is 0. The number of hydrogen-bond acceptors (Lipinski definition) is 7. The van der Waals surface area contributed by atoms with E-state index in [4.69, 9.17) is 4.74 Å². The number of likely N-dealkylation sites (tertiary alicyclic amines) is 1. The zero-order valence-corrected chi connectivity index (χ0v) is 23.5. The average molecular weight is 551 g/mol. The van der Waals surface area contributed by atoms with Crippen LogP contribution in [0.25, 0.3) is 0 Å². The molecule has 1 unspecified atom stereocenters. The summed E-state index contributed by atoms with van der Waals surface area (Å²) in [6, 6.07) is 6.41. The monoisotopic (exact) mass is 550 g/mol. The molecule has 1 aromatic heterocycles. The lowest BCUT2D eigenvalue weighted by atomic mass is 9.99. The van der Waals surface area contributed by atoms with Crippen LogP contribution in [0.2, 0.25) is 0 Å². The van der Waals surface area contributed by atoms with Crippen LogP contribution in [0.15, 0.2) is 42.9 Å². The Morgan fingerprint density at radius 1 is 0.925 bits per heavy atom. The molecule has 2 N–H and O–H groups in total.